The number of rotatable bonds is 7. The number of carbonyl (C=O) groups is 2. The summed E-state index contributed by atoms with van der Waals surface area (Å²) in [5.74, 6) is 0.677. The van der Waals surface area contributed by atoms with E-state index in [1.165, 1.54) is 17.0 Å². The van der Waals surface area contributed by atoms with Crippen molar-refractivity contribution in [3.63, 3.8) is 0 Å². The lowest BCUT2D eigenvalue weighted by Crippen LogP contribution is -2.43. The van der Waals surface area contributed by atoms with Gasteiger partial charge in [-0.3, -0.25) is 4.79 Å². The van der Waals surface area contributed by atoms with Crippen LogP contribution in [0.15, 0.2) is 42.5 Å². The molecule has 1 aliphatic rings. The molecule has 2 aromatic rings. The van der Waals surface area contributed by atoms with Crippen LogP contribution >= 0.6 is 0 Å². The Hall–Kier alpha value is -3.29. The summed E-state index contributed by atoms with van der Waals surface area (Å²) in [6.07, 6.45) is 0.168. The topological polar surface area (TPSA) is 79.9 Å². The van der Waals surface area contributed by atoms with E-state index >= 15 is 0 Å². The van der Waals surface area contributed by atoms with Gasteiger partial charge in [0.05, 0.1) is 19.8 Å². The molecule has 0 bridgehead atoms. The normalized spacial score (nSPS) is 15.9. The Morgan fingerprint density at radius 1 is 1.24 bits per heavy atom. The Labute approximate surface area is 168 Å². The van der Waals surface area contributed by atoms with Gasteiger partial charge in [-0.2, -0.15) is 0 Å². The van der Waals surface area contributed by atoms with E-state index in [4.69, 9.17) is 9.47 Å². The van der Waals surface area contributed by atoms with Gasteiger partial charge < -0.3 is 25.0 Å². The Morgan fingerprint density at radius 3 is 2.79 bits per heavy atom. The minimum absolute atomic E-state index is 0.155. The molecule has 7 nitrogen and oxygen atoms in total. The van der Waals surface area contributed by atoms with Gasteiger partial charge in [0.15, 0.2) is 11.5 Å². The maximum atomic E-state index is 13.4. The molecule has 154 valence electrons. The summed E-state index contributed by atoms with van der Waals surface area (Å²) in [6.45, 7) is 2.98. The summed E-state index contributed by atoms with van der Waals surface area (Å²) in [7, 11) is 1.57. The van der Waals surface area contributed by atoms with Crippen molar-refractivity contribution in [2.45, 2.75) is 25.9 Å². The lowest BCUT2D eigenvalue weighted by atomic mass is 10.2. The van der Waals surface area contributed by atoms with Gasteiger partial charge in [-0.05, 0) is 42.8 Å². The highest BCUT2D eigenvalue weighted by Crippen LogP contribution is 2.28. The summed E-state index contributed by atoms with van der Waals surface area (Å²) in [4.78, 5) is 25.9. The van der Waals surface area contributed by atoms with Crippen LogP contribution in [0, 0.1) is 5.82 Å². The van der Waals surface area contributed by atoms with Crippen LogP contribution in [0.2, 0.25) is 0 Å². The van der Waals surface area contributed by atoms with Crippen molar-refractivity contribution in [3.8, 4) is 11.5 Å². The molecule has 0 saturated carbocycles. The van der Waals surface area contributed by atoms with Crippen LogP contribution in [0.5, 0.6) is 11.5 Å². The van der Waals surface area contributed by atoms with Gasteiger partial charge in [-0.1, -0.05) is 12.1 Å². The zero-order chi connectivity index (χ0) is 20.8. The van der Waals surface area contributed by atoms with Crippen molar-refractivity contribution < 1.29 is 23.5 Å². The first-order chi connectivity index (χ1) is 14.0. The van der Waals surface area contributed by atoms with Crippen LogP contribution in [-0.2, 0) is 11.3 Å². The van der Waals surface area contributed by atoms with Gasteiger partial charge in [-0.25, -0.2) is 9.18 Å². The number of halogens is 1. The molecule has 0 radical (unpaired) electrons. The lowest BCUT2D eigenvalue weighted by molar-refractivity contribution is -0.117. The summed E-state index contributed by atoms with van der Waals surface area (Å²) < 4.78 is 24.2. The molecule has 1 atom stereocenters. The fourth-order valence-electron chi connectivity index (χ4n) is 3.22. The van der Waals surface area contributed by atoms with Crippen molar-refractivity contribution >= 4 is 17.6 Å². The number of benzene rings is 2. The molecule has 1 saturated heterocycles. The SMILES string of the molecule is CCOc1cc(CNC(=O)N[C@@H]2CC(=O)N(c3cccc(F)c3)C2)ccc1OC. The smallest absolute Gasteiger partial charge is 0.315 e. The summed E-state index contributed by atoms with van der Waals surface area (Å²) in [6, 6.07) is 10.6. The number of amides is 3. The molecule has 2 aromatic carbocycles. The summed E-state index contributed by atoms with van der Waals surface area (Å²) in [5, 5.41) is 5.57. The van der Waals surface area contributed by atoms with E-state index in [-0.39, 0.29) is 24.4 Å². The van der Waals surface area contributed by atoms with Crippen LogP contribution in [0.3, 0.4) is 0 Å². The first-order valence-corrected chi connectivity index (χ1v) is 9.40. The number of anilines is 1. The highest BCUT2D eigenvalue weighted by Gasteiger charge is 2.31. The average molecular weight is 401 g/mol. The van der Waals surface area contributed by atoms with Crippen LogP contribution < -0.4 is 25.0 Å². The van der Waals surface area contributed by atoms with Gasteiger partial charge in [0.1, 0.15) is 5.82 Å². The van der Waals surface area contributed by atoms with Gasteiger partial charge in [-0.15, -0.1) is 0 Å². The minimum atomic E-state index is -0.407. The Kier molecular flexibility index (Phi) is 6.54. The zero-order valence-electron chi connectivity index (χ0n) is 16.4. The number of urea groups is 1. The second-order valence-corrected chi connectivity index (χ2v) is 6.63. The third kappa shape index (κ3) is 5.16. The number of hydrogen-bond acceptors (Lipinski definition) is 4. The summed E-state index contributed by atoms with van der Waals surface area (Å²) in [5.41, 5.74) is 1.34. The molecular formula is C21H24FN3O4. The second-order valence-electron chi connectivity index (χ2n) is 6.63. The Morgan fingerprint density at radius 2 is 2.07 bits per heavy atom. The van der Waals surface area contributed by atoms with Crippen molar-refractivity contribution in [2.24, 2.45) is 0 Å². The van der Waals surface area contributed by atoms with Crippen LogP contribution in [-0.4, -0.2) is 38.2 Å². The Balaban J connectivity index is 1.54. The van der Waals surface area contributed by atoms with Crippen molar-refractivity contribution in [3.05, 3.63) is 53.8 Å². The molecular weight excluding hydrogens is 377 g/mol. The third-order valence-electron chi connectivity index (χ3n) is 4.56. The first-order valence-electron chi connectivity index (χ1n) is 9.40. The molecule has 0 aromatic heterocycles. The fourth-order valence-corrected chi connectivity index (χ4v) is 3.22. The van der Waals surface area contributed by atoms with Crippen molar-refractivity contribution in [1.82, 2.24) is 10.6 Å². The van der Waals surface area contributed by atoms with Gasteiger partial charge in [0.2, 0.25) is 5.91 Å². The quantitative estimate of drug-likeness (QED) is 0.748. The van der Waals surface area contributed by atoms with Crippen LogP contribution in [0.1, 0.15) is 18.9 Å². The number of hydrogen-bond donors (Lipinski definition) is 2. The predicted octanol–water partition coefficient (Wildman–Crippen LogP) is 2.84. The summed E-state index contributed by atoms with van der Waals surface area (Å²) >= 11 is 0. The molecule has 0 aliphatic carbocycles. The molecule has 3 rings (SSSR count). The maximum Gasteiger partial charge on any atom is 0.315 e. The molecule has 0 unspecified atom stereocenters. The number of ether oxygens (including phenoxy) is 2. The highest BCUT2D eigenvalue weighted by atomic mass is 19.1. The monoisotopic (exact) mass is 401 g/mol. The van der Waals surface area contributed by atoms with E-state index in [0.29, 0.717) is 36.9 Å². The second kappa shape index (κ2) is 9.27. The maximum absolute atomic E-state index is 13.4. The Bertz CT molecular complexity index is 890. The number of nitrogens with zero attached hydrogens (tertiary/aromatic N) is 1. The van der Waals surface area contributed by atoms with Crippen molar-refractivity contribution in [2.75, 3.05) is 25.2 Å². The van der Waals surface area contributed by atoms with Gasteiger partial charge in [0, 0.05) is 25.2 Å². The lowest BCUT2D eigenvalue weighted by Gasteiger charge is -2.17. The molecule has 29 heavy (non-hydrogen) atoms. The van der Waals surface area contributed by atoms with E-state index in [0.717, 1.165) is 5.56 Å². The zero-order valence-corrected chi connectivity index (χ0v) is 16.4. The molecule has 0 spiro atoms. The van der Waals surface area contributed by atoms with Crippen LogP contribution in [0.4, 0.5) is 14.9 Å². The molecule has 1 heterocycles. The first kappa shape index (κ1) is 20.4. The molecule has 1 fully saturated rings. The fraction of sp³-hybridized carbons (Fsp3) is 0.333. The largest absolute Gasteiger partial charge is 0.493 e. The minimum Gasteiger partial charge on any atom is -0.493 e. The van der Waals surface area contributed by atoms with Gasteiger partial charge >= 0.3 is 6.03 Å². The van der Waals surface area contributed by atoms with E-state index in [9.17, 15) is 14.0 Å². The number of carbonyl (C=O) groups excluding carboxylic acids is 2. The van der Waals surface area contributed by atoms with E-state index < -0.39 is 5.82 Å². The number of nitrogens with one attached hydrogen (secondary N) is 2. The van der Waals surface area contributed by atoms with Gasteiger partial charge in [0.25, 0.3) is 0 Å². The molecule has 1 aliphatic heterocycles. The van der Waals surface area contributed by atoms with E-state index in [1.54, 1.807) is 25.3 Å². The highest BCUT2D eigenvalue weighted by molar-refractivity contribution is 5.96. The molecule has 8 heteroatoms. The number of methoxy groups -OCH3 is 1. The van der Waals surface area contributed by atoms with E-state index in [2.05, 4.69) is 10.6 Å². The predicted molar refractivity (Wildman–Crippen MR) is 107 cm³/mol. The van der Waals surface area contributed by atoms with Crippen LogP contribution in [0.25, 0.3) is 0 Å². The average Bonchev–Trinajstić information content (AvgIpc) is 3.07. The molecule has 3 amide bonds. The third-order valence-corrected chi connectivity index (χ3v) is 4.56. The molecule has 2 N–H and O–H groups in total. The standard InChI is InChI=1S/C21H24FN3O4/c1-3-29-19-9-14(7-8-18(19)28-2)12-23-21(27)24-16-11-20(26)25(13-16)17-6-4-5-15(22)10-17/h4-10,16H,3,11-13H2,1-2H3,(H2,23,24,27)/t16-/m1/s1. The van der Waals surface area contributed by atoms with E-state index in [1.807, 2.05) is 19.1 Å². The van der Waals surface area contributed by atoms with Crippen molar-refractivity contribution in [1.29, 1.82) is 0 Å².